The van der Waals surface area contributed by atoms with E-state index in [4.69, 9.17) is 18.9 Å². The third-order valence-electron chi connectivity index (χ3n) is 10.8. The molecule has 0 N–H and O–H groups in total. The SMILES string of the molecule is CC(C)[C@@H]1CC[C@@H](C)C[C@H]1OC(=O)Oc1cccc2cccc(-c3cccc4cccc(OC(=O)O[C@@H]5C[C@H](C)CC[C@H]5C(C)C)c34)c12. The molecule has 0 spiro atoms. The van der Waals surface area contributed by atoms with Gasteiger partial charge in [-0.15, -0.1) is 0 Å². The van der Waals surface area contributed by atoms with Crippen LogP contribution in [0.4, 0.5) is 9.59 Å². The molecule has 0 bridgehead atoms. The fourth-order valence-electron chi connectivity index (χ4n) is 8.21. The highest BCUT2D eigenvalue weighted by atomic mass is 16.7. The van der Waals surface area contributed by atoms with Crippen molar-refractivity contribution in [3.05, 3.63) is 72.8 Å². The number of fused-ring (bicyclic) bond motifs is 2. The van der Waals surface area contributed by atoms with Crippen molar-refractivity contribution in [2.24, 2.45) is 35.5 Å². The lowest BCUT2D eigenvalue weighted by Gasteiger charge is -2.36. The Balaban J connectivity index is 1.32. The zero-order valence-corrected chi connectivity index (χ0v) is 29.2. The zero-order valence-electron chi connectivity index (χ0n) is 29.2. The molecule has 48 heavy (non-hydrogen) atoms. The van der Waals surface area contributed by atoms with Crippen molar-refractivity contribution >= 4 is 33.9 Å². The molecule has 2 saturated carbocycles. The third-order valence-corrected chi connectivity index (χ3v) is 10.8. The van der Waals surface area contributed by atoms with E-state index in [-0.39, 0.29) is 12.2 Å². The number of ether oxygens (including phenoxy) is 4. The molecule has 2 aliphatic carbocycles. The average molecular weight is 651 g/mol. The lowest BCUT2D eigenvalue weighted by atomic mass is 9.75. The monoisotopic (exact) mass is 650 g/mol. The maximum Gasteiger partial charge on any atom is 0.514 e. The van der Waals surface area contributed by atoms with Gasteiger partial charge in [0.15, 0.2) is 0 Å². The Morgan fingerprint density at radius 3 is 1.31 bits per heavy atom. The van der Waals surface area contributed by atoms with Crippen LogP contribution < -0.4 is 9.47 Å². The largest absolute Gasteiger partial charge is 0.514 e. The van der Waals surface area contributed by atoms with Crippen molar-refractivity contribution in [1.82, 2.24) is 0 Å². The maximum absolute atomic E-state index is 13.4. The predicted molar refractivity (Wildman–Crippen MR) is 191 cm³/mol. The number of hydrogen-bond donors (Lipinski definition) is 0. The first-order valence-corrected chi connectivity index (χ1v) is 17.9. The molecule has 0 aromatic heterocycles. The van der Waals surface area contributed by atoms with Gasteiger partial charge in [0.2, 0.25) is 0 Å². The molecule has 0 unspecified atom stereocenters. The molecule has 4 aromatic rings. The second kappa shape index (κ2) is 14.6. The minimum Gasteiger partial charge on any atom is -0.430 e. The van der Waals surface area contributed by atoms with Crippen LogP contribution in [0.5, 0.6) is 11.5 Å². The summed E-state index contributed by atoms with van der Waals surface area (Å²) in [4.78, 5) is 26.7. The van der Waals surface area contributed by atoms with Gasteiger partial charge in [-0.3, -0.25) is 0 Å². The normalized spacial score (nSPS) is 24.5. The number of hydrogen-bond acceptors (Lipinski definition) is 6. The summed E-state index contributed by atoms with van der Waals surface area (Å²) in [5, 5.41) is 3.42. The van der Waals surface area contributed by atoms with E-state index in [9.17, 15) is 9.59 Å². The molecule has 0 saturated heterocycles. The Hall–Kier alpha value is -4.06. The van der Waals surface area contributed by atoms with Crippen LogP contribution in [-0.2, 0) is 9.47 Å². The number of benzene rings is 4. The van der Waals surface area contributed by atoms with E-state index in [1.54, 1.807) is 0 Å². The lowest BCUT2D eigenvalue weighted by molar-refractivity contribution is -0.0142. The Morgan fingerprint density at radius 1 is 0.562 bits per heavy atom. The van der Waals surface area contributed by atoms with Crippen LogP contribution in [0, 0.1) is 35.5 Å². The summed E-state index contributed by atoms with van der Waals surface area (Å²) in [6, 6.07) is 23.4. The zero-order chi connectivity index (χ0) is 33.9. The third kappa shape index (κ3) is 7.33. The van der Waals surface area contributed by atoms with Crippen molar-refractivity contribution in [1.29, 1.82) is 0 Å². The van der Waals surface area contributed by atoms with Crippen LogP contribution in [-0.4, -0.2) is 24.5 Å². The van der Waals surface area contributed by atoms with Crippen LogP contribution in [0.15, 0.2) is 72.8 Å². The molecular formula is C42H50O6. The van der Waals surface area contributed by atoms with E-state index in [2.05, 4.69) is 41.5 Å². The standard InChI is InChI=1S/C42H50O6/c1-25(2)31-21-19-27(5)23-37(31)47-41(43)45-35-17-9-13-29-11-7-15-33(39(29)35)34-16-8-12-30-14-10-18-36(40(30)34)46-42(44)48-38-24-28(6)20-22-32(38)26(3)4/h7-18,25-28,31-32,37-38H,19-24H2,1-6H3/t27-,28-,31+,32+,37-,38-/m1/s1. The molecule has 6 rings (SSSR count). The molecule has 6 atom stereocenters. The van der Waals surface area contributed by atoms with E-state index < -0.39 is 12.3 Å². The summed E-state index contributed by atoms with van der Waals surface area (Å²) in [5.41, 5.74) is 1.72. The quantitative estimate of drug-likeness (QED) is 0.146. The lowest BCUT2D eigenvalue weighted by Crippen LogP contribution is -2.36. The fraction of sp³-hybridized carbons (Fsp3) is 0.476. The average Bonchev–Trinajstić information content (AvgIpc) is 3.04. The van der Waals surface area contributed by atoms with Crippen LogP contribution in [0.2, 0.25) is 0 Å². The fourth-order valence-corrected chi connectivity index (χ4v) is 8.21. The van der Waals surface area contributed by atoms with E-state index in [0.29, 0.717) is 47.0 Å². The molecule has 4 aromatic carbocycles. The van der Waals surface area contributed by atoms with Crippen molar-refractivity contribution in [2.75, 3.05) is 0 Å². The highest BCUT2D eigenvalue weighted by Gasteiger charge is 2.35. The predicted octanol–water partition coefficient (Wildman–Crippen LogP) is 11.6. The summed E-state index contributed by atoms with van der Waals surface area (Å²) < 4.78 is 24.1. The molecule has 254 valence electrons. The van der Waals surface area contributed by atoms with Gasteiger partial charge in [-0.05, 0) is 95.2 Å². The first kappa shape index (κ1) is 33.8. The Kier molecular flexibility index (Phi) is 10.3. The van der Waals surface area contributed by atoms with Gasteiger partial charge in [0.05, 0.1) is 0 Å². The molecular weight excluding hydrogens is 600 g/mol. The van der Waals surface area contributed by atoms with E-state index in [0.717, 1.165) is 71.2 Å². The molecule has 0 aliphatic heterocycles. The van der Waals surface area contributed by atoms with Crippen LogP contribution in [0.1, 0.15) is 80.1 Å². The van der Waals surface area contributed by atoms with E-state index >= 15 is 0 Å². The van der Waals surface area contributed by atoms with Gasteiger partial charge in [-0.2, -0.15) is 0 Å². The second-order valence-corrected chi connectivity index (χ2v) is 15.0. The highest BCUT2D eigenvalue weighted by molar-refractivity contribution is 6.10. The van der Waals surface area contributed by atoms with Gasteiger partial charge in [0, 0.05) is 10.8 Å². The smallest absolute Gasteiger partial charge is 0.430 e. The van der Waals surface area contributed by atoms with Gasteiger partial charge >= 0.3 is 12.3 Å². The minimum absolute atomic E-state index is 0.166. The second-order valence-electron chi connectivity index (χ2n) is 15.0. The molecule has 6 heteroatoms. The Bertz CT molecular complexity index is 1620. The van der Waals surface area contributed by atoms with Gasteiger partial charge in [0.25, 0.3) is 0 Å². The van der Waals surface area contributed by atoms with Crippen LogP contribution in [0.3, 0.4) is 0 Å². The summed E-state index contributed by atoms with van der Waals surface area (Å²) in [6.45, 7) is 13.2. The van der Waals surface area contributed by atoms with Crippen LogP contribution in [0.25, 0.3) is 32.7 Å². The molecule has 2 aliphatic rings. The van der Waals surface area contributed by atoms with Gasteiger partial charge < -0.3 is 18.9 Å². The summed E-state index contributed by atoms with van der Waals surface area (Å²) in [6.07, 6.45) is 4.40. The number of carbonyl (C=O) groups is 2. The molecule has 2 fully saturated rings. The van der Waals surface area contributed by atoms with E-state index in [1.165, 1.54) is 0 Å². The molecule has 6 nitrogen and oxygen atoms in total. The Morgan fingerprint density at radius 2 is 0.938 bits per heavy atom. The topological polar surface area (TPSA) is 71.1 Å². The molecule has 0 amide bonds. The summed E-state index contributed by atoms with van der Waals surface area (Å²) in [7, 11) is 0. The van der Waals surface area contributed by atoms with Gasteiger partial charge in [0.1, 0.15) is 23.7 Å². The van der Waals surface area contributed by atoms with Crippen molar-refractivity contribution < 1.29 is 28.5 Å². The van der Waals surface area contributed by atoms with Crippen molar-refractivity contribution in [2.45, 2.75) is 92.3 Å². The van der Waals surface area contributed by atoms with Crippen molar-refractivity contribution in [3.63, 3.8) is 0 Å². The summed E-state index contributed by atoms with van der Waals surface area (Å²) in [5.74, 6) is 3.34. The molecule has 0 heterocycles. The Labute approximate surface area is 285 Å². The highest BCUT2D eigenvalue weighted by Crippen LogP contribution is 2.43. The van der Waals surface area contributed by atoms with Gasteiger partial charge in [-0.1, -0.05) is 115 Å². The van der Waals surface area contributed by atoms with Crippen molar-refractivity contribution in [3.8, 4) is 22.6 Å². The number of rotatable bonds is 7. The van der Waals surface area contributed by atoms with E-state index in [1.807, 2.05) is 72.8 Å². The minimum atomic E-state index is -0.677. The first-order valence-electron chi connectivity index (χ1n) is 17.9. The first-order chi connectivity index (χ1) is 23.1. The van der Waals surface area contributed by atoms with Gasteiger partial charge in [-0.25, -0.2) is 9.59 Å². The summed E-state index contributed by atoms with van der Waals surface area (Å²) >= 11 is 0. The maximum atomic E-state index is 13.4. The molecule has 0 radical (unpaired) electrons. The van der Waals surface area contributed by atoms with Crippen LogP contribution >= 0.6 is 0 Å². The number of carbonyl (C=O) groups excluding carboxylic acids is 2.